The number of halogens is 1. The van der Waals surface area contributed by atoms with Crippen molar-refractivity contribution in [2.45, 2.75) is 70.8 Å². The van der Waals surface area contributed by atoms with Crippen molar-refractivity contribution in [3.8, 4) is 0 Å². The molecule has 4 heteroatoms. The van der Waals surface area contributed by atoms with Gasteiger partial charge in [0.1, 0.15) is 0 Å². The Kier molecular flexibility index (Phi) is 7.01. The summed E-state index contributed by atoms with van der Waals surface area (Å²) in [6.07, 6.45) is 11.3. The first-order valence-electron chi connectivity index (χ1n) is 9.28. The van der Waals surface area contributed by atoms with Crippen LogP contribution in [0.25, 0.3) is 0 Å². The van der Waals surface area contributed by atoms with E-state index in [1.807, 2.05) is 0 Å². The Labute approximate surface area is 142 Å². The Hall–Kier alpha value is -0.280. The normalized spacial score (nSPS) is 30.0. The highest BCUT2D eigenvalue weighted by Gasteiger charge is 2.31. The number of carbonyl (C=O) groups excluding carboxylic acids is 1. The molecule has 1 saturated heterocycles. The van der Waals surface area contributed by atoms with Crippen molar-refractivity contribution in [2.24, 2.45) is 17.8 Å². The molecule has 0 unspecified atom stereocenters. The fourth-order valence-electron chi connectivity index (χ4n) is 4.04. The van der Waals surface area contributed by atoms with Crippen molar-refractivity contribution in [1.82, 2.24) is 10.2 Å². The Morgan fingerprint density at radius 3 is 2.09 bits per heavy atom. The van der Waals surface area contributed by atoms with Gasteiger partial charge in [-0.25, -0.2) is 0 Å². The van der Waals surface area contributed by atoms with E-state index in [0.29, 0.717) is 17.9 Å². The van der Waals surface area contributed by atoms with Crippen LogP contribution in [0, 0.1) is 17.8 Å². The van der Waals surface area contributed by atoms with Crippen molar-refractivity contribution < 1.29 is 4.79 Å². The van der Waals surface area contributed by atoms with E-state index < -0.39 is 0 Å². The van der Waals surface area contributed by atoms with Gasteiger partial charge < -0.3 is 10.2 Å². The summed E-state index contributed by atoms with van der Waals surface area (Å²) in [4.78, 5) is 14.8. The van der Waals surface area contributed by atoms with Crippen LogP contribution >= 0.6 is 12.4 Å². The minimum Gasteiger partial charge on any atom is -0.342 e. The first-order chi connectivity index (χ1) is 10.3. The maximum Gasteiger partial charge on any atom is 0.225 e. The summed E-state index contributed by atoms with van der Waals surface area (Å²) in [5, 5.41) is 3.70. The van der Waals surface area contributed by atoms with E-state index in [4.69, 9.17) is 0 Å². The maximum absolute atomic E-state index is 12.6. The number of rotatable bonds is 5. The topological polar surface area (TPSA) is 32.3 Å². The molecule has 0 atom stereocenters. The molecule has 0 aromatic carbocycles. The minimum atomic E-state index is 0. The Bertz CT molecular complexity index is 343. The molecule has 2 aliphatic carbocycles. The van der Waals surface area contributed by atoms with Crippen LogP contribution in [-0.4, -0.2) is 36.5 Å². The minimum absolute atomic E-state index is 0. The molecule has 0 bridgehead atoms. The molecular weight excluding hydrogens is 296 g/mol. The molecule has 3 fully saturated rings. The molecular formula is C18H33ClN2O. The molecule has 3 aliphatic rings. The lowest BCUT2D eigenvalue weighted by atomic mass is 9.80. The Morgan fingerprint density at radius 1 is 0.955 bits per heavy atom. The van der Waals surface area contributed by atoms with E-state index in [0.717, 1.165) is 50.6 Å². The number of nitrogens with zero attached hydrogens (tertiary/aromatic N) is 1. The van der Waals surface area contributed by atoms with E-state index in [1.165, 1.54) is 38.6 Å². The van der Waals surface area contributed by atoms with Gasteiger partial charge in [-0.2, -0.15) is 0 Å². The van der Waals surface area contributed by atoms with Crippen LogP contribution in [0.15, 0.2) is 0 Å². The molecule has 22 heavy (non-hydrogen) atoms. The second kappa shape index (κ2) is 8.54. The van der Waals surface area contributed by atoms with Crippen LogP contribution in [0.4, 0.5) is 0 Å². The van der Waals surface area contributed by atoms with Crippen molar-refractivity contribution in [1.29, 1.82) is 0 Å². The number of nitrogens with one attached hydrogen (secondary N) is 1. The first kappa shape index (κ1) is 18.1. The SMILES string of the molecule is CCC1CCC(C(=O)N2CCC(NCC3CC3)CC2)CC1.Cl. The van der Waals surface area contributed by atoms with Gasteiger partial charge in [0.2, 0.25) is 5.91 Å². The predicted molar refractivity (Wildman–Crippen MR) is 93.3 cm³/mol. The number of hydrogen-bond acceptors (Lipinski definition) is 2. The molecule has 1 amide bonds. The van der Waals surface area contributed by atoms with E-state index >= 15 is 0 Å². The summed E-state index contributed by atoms with van der Waals surface area (Å²) in [5.41, 5.74) is 0. The van der Waals surface area contributed by atoms with Crippen molar-refractivity contribution >= 4 is 18.3 Å². The summed E-state index contributed by atoms with van der Waals surface area (Å²) >= 11 is 0. The van der Waals surface area contributed by atoms with Crippen molar-refractivity contribution in [2.75, 3.05) is 19.6 Å². The van der Waals surface area contributed by atoms with E-state index in [-0.39, 0.29) is 12.4 Å². The highest BCUT2D eigenvalue weighted by atomic mass is 35.5. The van der Waals surface area contributed by atoms with E-state index in [9.17, 15) is 4.79 Å². The van der Waals surface area contributed by atoms with Gasteiger partial charge >= 0.3 is 0 Å². The van der Waals surface area contributed by atoms with Gasteiger partial charge in [0.05, 0.1) is 0 Å². The first-order valence-corrected chi connectivity index (χ1v) is 9.28. The summed E-state index contributed by atoms with van der Waals surface area (Å²) in [7, 11) is 0. The lowest BCUT2D eigenvalue weighted by molar-refractivity contribution is -0.138. The van der Waals surface area contributed by atoms with Gasteiger partial charge in [0, 0.05) is 25.0 Å². The van der Waals surface area contributed by atoms with Gasteiger partial charge in [0.15, 0.2) is 0 Å². The smallest absolute Gasteiger partial charge is 0.225 e. The third-order valence-electron chi connectivity index (χ3n) is 5.97. The highest BCUT2D eigenvalue weighted by molar-refractivity contribution is 5.85. The monoisotopic (exact) mass is 328 g/mol. The molecule has 0 spiro atoms. The molecule has 128 valence electrons. The van der Waals surface area contributed by atoms with Gasteiger partial charge in [-0.15, -0.1) is 12.4 Å². The Morgan fingerprint density at radius 2 is 1.55 bits per heavy atom. The third kappa shape index (κ3) is 4.86. The zero-order valence-corrected chi connectivity index (χ0v) is 14.9. The van der Waals surface area contributed by atoms with Crippen LogP contribution in [0.1, 0.15) is 64.7 Å². The lowest BCUT2D eigenvalue weighted by Crippen LogP contribution is -2.47. The number of carbonyl (C=O) groups is 1. The maximum atomic E-state index is 12.6. The molecule has 1 N–H and O–H groups in total. The number of hydrogen-bond donors (Lipinski definition) is 1. The summed E-state index contributed by atoms with van der Waals surface area (Å²) < 4.78 is 0. The van der Waals surface area contributed by atoms with Crippen molar-refractivity contribution in [3.63, 3.8) is 0 Å². The van der Waals surface area contributed by atoms with Crippen LogP contribution in [-0.2, 0) is 4.79 Å². The lowest BCUT2D eigenvalue weighted by Gasteiger charge is -2.36. The standard InChI is InChI=1S/C18H32N2O.ClH/c1-2-14-5-7-16(8-6-14)18(21)20-11-9-17(10-12-20)19-13-15-3-4-15;/h14-17,19H,2-13H2,1H3;1H. The van der Waals surface area contributed by atoms with E-state index in [1.54, 1.807) is 0 Å². The largest absolute Gasteiger partial charge is 0.342 e. The van der Waals surface area contributed by atoms with Gasteiger partial charge in [-0.3, -0.25) is 4.79 Å². The second-order valence-corrected chi connectivity index (χ2v) is 7.58. The predicted octanol–water partition coefficient (Wildman–Crippen LogP) is 3.62. The number of likely N-dealkylation sites (tertiary alicyclic amines) is 1. The van der Waals surface area contributed by atoms with Crippen LogP contribution in [0.5, 0.6) is 0 Å². The quantitative estimate of drug-likeness (QED) is 0.836. The average molecular weight is 329 g/mol. The third-order valence-corrected chi connectivity index (χ3v) is 5.97. The van der Waals surface area contributed by atoms with Crippen LogP contribution < -0.4 is 5.32 Å². The molecule has 3 rings (SSSR count). The fraction of sp³-hybridized carbons (Fsp3) is 0.944. The highest BCUT2D eigenvalue weighted by Crippen LogP contribution is 2.32. The Balaban J connectivity index is 0.00000176. The van der Waals surface area contributed by atoms with E-state index in [2.05, 4.69) is 17.1 Å². The molecule has 1 heterocycles. The van der Waals surface area contributed by atoms with Gasteiger partial charge in [0.25, 0.3) is 0 Å². The molecule has 3 nitrogen and oxygen atoms in total. The molecule has 0 aromatic heterocycles. The van der Waals surface area contributed by atoms with Gasteiger partial charge in [-0.1, -0.05) is 13.3 Å². The summed E-state index contributed by atoms with van der Waals surface area (Å²) in [6.45, 7) is 5.45. The molecule has 2 saturated carbocycles. The number of amides is 1. The zero-order valence-electron chi connectivity index (χ0n) is 14.1. The molecule has 0 radical (unpaired) electrons. The molecule has 1 aliphatic heterocycles. The van der Waals surface area contributed by atoms with Gasteiger partial charge in [-0.05, 0) is 69.7 Å². The number of piperidine rings is 1. The summed E-state index contributed by atoms with van der Waals surface area (Å²) in [6, 6.07) is 0.658. The fourth-order valence-corrected chi connectivity index (χ4v) is 4.04. The second-order valence-electron chi connectivity index (χ2n) is 7.58. The summed E-state index contributed by atoms with van der Waals surface area (Å²) in [5.74, 6) is 2.64. The van der Waals surface area contributed by atoms with Crippen LogP contribution in [0.3, 0.4) is 0 Å². The average Bonchev–Trinajstić information content (AvgIpc) is 3.37. The van der Waals surface area contributed by atoms with Crippen LogP contribution in [0.2, 0.25) is 0 Å². The van der Waals surface area contributed by atoms with Crippen molar-refractivity contribution in [3.05, 3.63) is 0 Å². The zero-order chi connectivity index (χ0) is 14.7. The molecule has 0 aromatic rings.